The number of carbonyl (C=O) groups excluding carboxylic acids is 4. The summed E-state index contributed by atoms with van der Waals surface area (Å²) in [6.45, 7) is 0. The number of halogens is 2. The Balaban J connectivity index is 1.16. The average Bonchev–Trinajstić information content (AvgIpc) is 3.57. The summed E-state index contributed by atoms with van der Waals surface area (Å²) in [5.41, 5.74) is 3.63. The van der Waals surface area contributed by atoms with Crippen molar-refractivity contribution in [3.05, 3.63) is 164 Å². The first-order valence-electron chi connectivity index (χ1n) is 20.3. The van der Waals surface area contributed by atoms with Gasteiger partial charge < -0.3 is 19.3 Å². The number of rotatable bonds is 9. The van der Waals surface area contributed by atoms with Gasteiger partial charge in [-0.1, -0.05) is 96.6 Å². The molecule has 11 heteroatoms. The predicted octanol–water partition coefficient (Wildman–Crippen LogP) is 10.1. The second kappa shape index (κ2) is 16.3. The normalized spacial score (nSPS) is 24.3. The van der Waals surface area contributed by atoms with Gasteiger partial charge in [0.15, 0.2) is 23.1 Å². The maximum atomic E-state index is 15.4. The lowest BCUT2D eigenvalue weighted by atomic mass is 9.44. The van der Waals surface area contributed by atoms with Gasteiger partial charge in [0.2, 0.25) is 11.8 Å². The molecule has 5 aromatic rings. The van der Waals surface area contributed by atoms with Gasteiger partial charge in [0.1, 0.15) is 11.5 Å². The Bertz CT molecular complexity index is 2750. The molecule has 9 rings (SSSR count). The molecule has 3 aliphatic carbocycles. The number of nitrogens with zero attached hydrogens (tertiary/aromatic N) is 1. The number of imide groups is 1. The average molecular weight is 956 g/mol. The van der Waals surface area contributed by atoms with Crippen LogP contribution < -0.4 is 19.1 Å². The van der Waals surface area contributed by atoms with E-state index in [2.05, 4.69) is 31.9 Å². The molecule has 1 heterocycles. The van der Waals surface area contributed by atoms with Gasteiger partial charge in [-0.2, -0.15) is 0 Å². The van der Waals surface area contributed by atoms with Crippen LogP contribution in [-0.2, 0) is 24.6 Å². The van der Waals surface area contributed by atoms with E-state index in [0.29, 0.717) is 48.4 Å². The van der Waals surface area contributed by atoms with Crippen molar-refractivity contribution < 1.29 is 38.5 Å². The molecule has 5 aromatic carbocycles. The van der Waals surface area contributed by atoms with E-state index in [1.54, 1.807) is 32.4 Å². The number of hydrogen-bond acceptors (Lipinski definition) is 8. The Morgan fingerprint density at radius 3 is 2.11 bits per heavy atom. The zero-order valence-corrected chi connectivity index (χ0v) is 37.2. The van der Waals surface area contributed by atoms with E-state index >= 15 is 9.59 Å². The van der Waals surface area contributed by atoms with Crippen LogP contribution in [0.1, 0.15) is 46.6 Å². The van der Waals surface area contributed by atoms with Crippen molar-refractivity contribution in [2.24, 2.45) is 23.7 Å². The van der Waals surface area contributed by atoms with E-state index in [4.69, 9.17) is 14.2 Å². The zero-order valence-electron chi connectivity index (χ0n) is 34.0. The summed E-state index contributed by atoms with van der Waals surface area (Å²) in [6, 6.07) is 33.0. The maximum Gasteiger partial charge on any atom is 0.238 e. The molecular formula is C51H41Br2NO8. The van der Waals surface area contributed by atoms with Crippen molar-refractivity contribution in [1.82, 2.24) is 0 Å². The number of ketones is 2. The third-order valence-electron chi connectivity index (χ3n) is 13.1. The number of ether oxygens (including phenoxy) is 3. The zero-order chi connectivity index (χ0) is 43.4. The molecule has 9 nitrogen and oxygen atoms in total. The second-order valence-electron chi connectivity index (χ2n) is 16.0. The number of hydrogen-bond donors (Lipinski definition) is 1. The lowest BCUT2D eigenvalue weighted by Crippen LogP contribution is -2.59. The van der Waals surface area contributed by atoms with Gasteiger partial charge in [0.25, 0.3) is 0 Å². The lowest BCUT2D eigenvalue weighted by Gasteiger charge is -2.55. The predicted molar refractivity (Wildman–Crippen MR) is 244 cm³/mol. The van der Waals surface area contributed by atoms with Crippen molar-refractivity contribution in [1.29, 1.82) is 0 Å². The Kier molecular flexibility index (Phi) is 10.9. The van der Waals surface area contributed by atoms with Gasteiger partial charge in [-0.25, -0.2) is 0 Å². The summed E-state index contributed by atoms with van der Waals surface area (Å²) >= 11 is 7.32. The summed E-state index contributed by atoms with van der Waals surface area (Å²) in [5.74, 6) is -3.50. The summed E-state index contributed by atoms with van der Waals surface area (Å²) in [5, 5.41) is 11.1. The van der Waals surface area contributed by atoms with E-state index in [1.165, 1.54) is 18.1 Å². The van der Waals surface area contributed by atoms with Crippen LogP contribution in [0.3, 0.4) is 0 Å². The monoisotopic (exact) mass is 953 g/mol. The fourth-order valence-corrected chi connectivity index (χ4v) is 11.3. The fourth-order valence-electron chi connectivity index (χ4n) is 10.3. The van der Waals surface area contributed by atoms with Crippen LogP contribution in [0.4, 0.5) is 5.69 Å². The lowest BCUT2D eigenvalue weighted by molar-refractivity contribution is -0.135. The molecule has 0 aromatic heterocycles. The van der Waals surface area contributed by atoms with Crippen molar-refractivity contribution >= 4 is 78.7 Å². The number of allylic oxidation sites excluding steroid dienone is 4. The number of anilines is 1. The molecular weight excluding hydrogens is 914 g/mol. The molecule has 312 valence electrons. The van der Waals surface area contributed by atoms with Gasteiger partial charge in [-0.15, -0.1) is 0 Å². The molecule has 2 amide bonds. The highest BCUT2D eigenvalue weighted by molar-refractivity contribution is 9.13. The van der Waals surface area contributed by atoms with Gasteiger partial charge in [-0.3, -0.25) is 24.1 Å². The van der Waals surface area contributed by atoms with Crippen LogP contribution >= 0.6 is 31.9 Å². The SMILES string of the molecule is COc1ccc(OC)c(C=Cc2ccc(N3C(=O)C4CC=C5C(CC6C(=O)C(c7ccccc7)=CC(=O)C6(c6ccccc6)C5c5cc(OC)c(O)c(Br)c5Br)C4C3=O)cc2)c1. The second-order valence-corrected chi connectivity index (χ2v) is 17.6. The topological polar surface area (TPSA) is 119 Å². The van der Waals surface area contributed by atoms with E-state index < -0.39 is 35.0 Å². The first-order chi connectivity index (χ1) is 30.0. The van der Waals surface area contributed by atoms with Crippen molar-refractivity contribution in [2.75, 3.05) is 26.2 Å². The molecule has 0 spiro atoms. The van der Waals surface area contributed by atoms with Crippen LogP contribution in [0.5, 0.6) is 23.0 Å². The molecule has 1 aliphatic heterocycles. The largest absolute Gasteiger partial charge is 0.503 e. The summed E-state index contributed by atoms with van der Waals surface area (Å²) < 4.78 is 17.4. The number of amides is 2. The first kappa shape index (κ1) is 41.3. The third kappa shape index (κ3) is 6.47. The number of phenolic OH excluding ortho intramolecular Hbond substituents is 1. The van der Waals surface area contributed by atoms with Gasteiger partial charge in [0.05, 0.1) is 48.7 Å². The van der Waals surface area contributed by atoms with Crippen LogP contribution in [0.2, 0.25) is 0 Å². The number of fused-ring (bicyclic) bond motifs is 4. The Morgan fingerprint density at radius 1 is 0.742 bits per heavy atom. The van der Waals surface area contributed by atoms with Crippen LogP contribution in [0.25, 0.3) is 17.7 Å². The summed E-state index contributed by atoms with van der Waals surface area (Å²) in [6.07, 6.45) is 7.75. The summed E-state index contributed by atoms with van der Waals surface area (Å²) in [4.78, 5) is 61.5. The number of carbonyl (C=O) groups is 4. The standard InChI is InChI=1S/C51H41Br2NO8/c1-60-33-20-23-40(61-2)30(24-33)17-14-28-15-18-32(19-16-28)54-49(58)35-22-21-34-37(43(35)50(54)59)25-39-47(56)36(29-10-6-4-7-11-29)27-42(55)51(39,31-12-8-5-9-13-31)44(34)38-26-41(62-3)48(57)46(53)45(38)52/h4-21,23-24,26-27,35,37,39,43-44,57H,22,25H2,1-3H3. The minimum Gasteiger partial charge on any atom is -0.503 e. The molecule has 1 saturated heterocycles. The molecule has 4 aliphatic rings. The highest BCUT2D eigenvalue weighted by atomic mass is 79.9. The molecule has 6 atom stereocenters. The number of methoxy groups -OCH3 is 3. The quantitative estimate of drug-likeness (QED) is 0.0882. The van der Waals surface area contributed by atoms with E-state index in [1.807, 2.05) is 109 Å². The number of Topliss-reactive ketones (excluding diaryl/α,β-unsaturated/α-hetero) is 1. The fraction of sp³-hybridized carbons (Fsp3) is 0.216. The molecule has 0 bridgehead atoms. The maximum absolute atomic E-state index is 15.4. The van der Waals surface area contributed by atoms with E-state index in [-0.39, 0.29) is 47.7 Å². The Hall–Kier alpha value is -6.04. The van der Waals surface area contributed by atoms with E-state index in [9.17, 15) is 14.7 Å². The van der Waals surface area contributed by atoms with Crippen molar-refractivity contribution in [3.63, 3.8) is 0 Å². The van der Waals surface area contributed by atoms with Crippen LogP contribution in [-0.4, -0.2) is 49.8 Å². The minimum absolute atomic E-state index is 0.135. The third-order valence-corrected chi connectivity index (χ3v) is 15.3. The minimum atomic E-state index is -1.46. The van der Waals surface area contributed by atoms with E-state index in [0.717, 1.165) is 16.7 Å². The molecule has 2 fully saturated rings. The molecule has 1 N–H and O–H groups in total. The van der Waals surface area contributed by atoms with Gasteiger partial charge >= 0.3 is 0 Å². The summed E-state index contributed by atoms with van der Waals surface area (Å²) in [7, 11) is 4.66. The molecule has 0 radical (unpaired) electrons. The molecule has 1 saturated carbocycles. The Labute approximate surface area is 376 Å². The van der Waals surface area contributed by atoms with Gasteiger partial charge in [0, 0.05) is 27.4 Å². The van der Waals surface area contributed by atoms with Crippen LogP contribution in [0.15, 0.2) is 136 Å². The number of phenols is 1. The van der Waals surface area contributed by atoms with Crippen LogP contribution in [0, 0.1) is 23.7 Å². The highest BCUT2D eigenvalue weighted by Gasteiger charge is 2.66. The first-order valence-corrected chi connectivity index (χ1v) is 21.9. The Morgan fingerprint density at radius 2 is 1.44 bits per heavy atom. The smallest absolute Gasteiger partial charge is 0.238 e. The molecule has 62 heavy (non-hydrogen) atoms. The van der Waals surface area contributed by atoms with Crippen molar-refractivity contribution in [2.45, 2.75) is 24.2 Å². The number of benzene rings is 5. The number of aromatic hydroxyl groups is 1. The van der Waals surface area contributed by atoms with Gasteiger partial charge in [-0.05, 0) is 115 Å². The molecule has 6 unspecified atom stereocenters. The van der Waals surface area contributed by atoms with Crippen molar-refractivity contribution in [3.8, 4) is 23.0 Å². The highest BCUT2D eigenvalue weighted by Crippen LogP contribution is 2.65.